The first-order valence-corrected chi connectivity index (χ1v) is 7.30. The molecular weight excluding hydrogens is 258 g/mol. The molecule has 0 aliphatic heterocycles. The van der Waals surface area contributed by atoms with Gasteiger partial charge in [0.1, 0.15) is 5.75 Å². The minimum absolute atomic E-state index is 0.341. The highest BCUT2D eigenvalue weighted by molar-refractivity contribution is 5.87. The van der Waals surface area contributed by atoms with Gasteiger partial charge in [0.05, 0.1) is 0 Å². The van der Waals surface area contributed by atoms with Gasteiger partial charge in [0, 0.05) is 17.8 Å². The highest BCUT2D eigenvalue weighted by atomic mass is 16.3. The monoisotopic (exact) mass is 277 g/mol. The van der Waals surface area contributed by atoms with Crippen LogP contribution in [0.5, 0.6) is 5.75 Å². The van der Waals surface area contributed by atoms with Gasteiger partial charge in [-0.2, -0.15) is 0 Å². The zero-order chi connectivity index (χ0) is 14.7. The van der Waals surface area contributed by atoms with Crippen LogP contribution in [-0.2, 0) is 13.0 Å². The Bertz CT molecular complexity index is 764. The van der Waals surface area contributed by atoms with Crippen LogP contribution >= 0.6 is 0 Å². The van der Waals surface area contributed by atoms with Crippen LogP contribution < -0.4 is 5.32 Å². The Labute approximate surface area is 125 Å². The van der Waals surface area contributed by atoms with Crippen LogP contribution in [0.3, 0.4) is 0 Å². The molecule has 0 aromatic heterocycles. The van der Waals surface area contributed by atoms with Crippen molar-refractivity contribution in [1.82, 2.24) is 0 Å². The summed E-state index contributed by atoms with van der Waals surface area (Å²) in [4.78, 5) is 0. The molecule has 0 atom stereocenters. The fraction of sp³-hybridized carbons (Fsp3) is 0.158. The Balaban J connectivity index is 1.89. The number of rotatable bonds is 4. The molecule has 3 aromatic rings. The third-order valence-corrected chi connectivity index (χ3v) is 3.82. The molecule has 2 heteroatoms. The SMILES string of the molecule is CCc1cccc(NCc2c(O)ccc3ccccc23)c1. The number of fused-ring (bicyclic) bond motifs is 1. The number of phenols is 1. The van der Waals surface area contributed by atoms with Crippen molar-refractivity contribution in [2.24, 2.45) is 0 Å². The van der Waals surface area contributed by atoms with Crippen molar-refractivity contribution < 1.29 is 5.11 Å². The van der Waals surface area contributed by atoms with E-state index in [0.717, 1.165) is 28.4 Å². The molecule has 0 bridgehead atoms. The molecule has 106 valence electrons. The van der Waals surface area contributed by atoms with Crippen molar-refractivity contribution in [1.29, 1.82) is 0 Å². The van der Waals surface area contributed by atoms with E-state index in [2.05, 4.69) is 48.6 Å². The van der Waals surface area contributed by atoms with Crippen molar-refractivity contribution in [3.05, 3.63) is 71.8 Å². The Kier molecular flexibility index (Phi) is 3.78. The van der Waals surface area contributed by atoms with E-state index >= 15 is 0 Å². The fourth-order valence-electron chi connectivity index (χ4n) is 2.60. The van der Waals surface area contributed by atoms with Crippen LogP contribution in [0.25, 0.3) is 10.8 Å². The van der Waals surface area contributed by atoms with Gasteiger partial charge in [-0.25, -0.2) is 0 Å². The van der Waals surface area contributed by atoms with Gasteiger partial charge < -0.3 is 10.4 Å². The second-order valence-corrected chi connectivity index (χ2v) is 5.19. The number of hydrogen-bond acceptors (Lipinski definition) is 2. The smallest absolute Gasteiger partial charge is 0.121 e. The molecule has 0 aliphatic rings. The van der Waals surface area contributed by atoms with Gasteiger partial charge >= 0.3 is 0 Å². The largest absolute Gasteiger partial charge is 0.508 e. The third-order valence-electron chi connectivity index (χ3n) is 3.82. The summed E-state index contributed by atoms with van der Waals surface area (Å²) in [5.74, 6) is 0.341. The summed E-state index contributed by atoms with van der Waals surface area (Å²) in [7, 11) is 0. The molecule has 21 heavy (non-hydrogen) atoms. The van der Waals surface area contributed by atoms with Gasteiger partial charge in [-0.1, -0.05) is 49.4 Å². The summed E-state index contributed by atoms with van der Waals surface area (Å²) < 4.78 is 0. The predicted molar refractivity (Wildman–Crippen MR) is 88.8 cm³/mol. The van der Waals surface area contributed by atoms with Crippen LogP contribution in [0, 0.1) is 0 Å². The second-order valence-electron chi connectivity index (χ2n) is 5.19. The second kappa shape index (κ2) is 5.88. The number of nitrogens with one attached hydrogen (secondary N) is 1. The lowest BCUT2D eigenvalue weighted by molar-refractivity contribution is 0.470. The first kappa shape index (κ1) is 13.5. The molecule has 3 rings (SSSR count). The summed E-state index contributed by atoms with van der Waals surface area (Å²) in [6.45, 7) is 2.76. The molecule has 0 fully saturated rings. The lowest BCUT2D eigenvalue weighted by atomic mass is 10.0. The Hall–Kier alpha value is -2.48. The topological polar surface area (TPSA) is 32.3 Å². The van der Waals surface area contributed by atoms with Crippen LogP contribution in [-0.4, -0.2) is 5.11 Å². The van der Waals surface area contributed by atoms with Gasteiger partial charge in [-0.3, -0.25) is 0 Å². The van der Waals surface area contributed by atoms with E-state index in [-0.39, 0.29) is 0 Å². The molecule has 3 aromatic carbocycles. The van der Waals surface area contributed by atoms with E-state index < -0.39 is 0 Å². The van der Waals surface area contributed by atoms with Crippen molar-refractivity contribution >= 4 is 16.5 Å². The molecule has 0 heterocycles. The third kappa shape index (κ3) is 2.84. The molecule has 0 amide bonds. The zero-order valence-electron chi connectivity index (χ0n) is 12.1. The van der Waals surface area contributed by atoms with E-state index in [4.69, 9.17) is 0 Å². The van der Waals surface area contributed by atoms with E-state index in [9.17, 15) is 5.11 Å². The van der Waals surface area contributed by atoms with Crippen molar-refractivity contribution in [3.8, 4) is 5.75 Å². The van der Waals surface area contributed by atoms with Gasteiger partial charge in [-0.05, 0) is 41.0 Å². The summed E-state index contributed by atoms with van der Waals surface area (Å²) in [5, 5.41) is 15.8. The molecule has 0 unspecified atom stereocenters. The summed E-state index contributed by atoms with van der Waals surface area (Å²) in [6.07, 6.45) is 1.02. The lowest BCUT2D eigenvalue weighted by Crippen LogP contribution is -2.01. The average molecular weight is 277 g/mol. The summed E-state index contributed by atoms with van der Waals surface area (Å²) in [5.41, 5.74) is 3.33. The molecule has 2 nitrogen and oxygen atoms in total. The van der Waals surface area contributed by atoms with Gasteiger partial charge in [0.25, 0.3) is 0 Å². The standard InChI is InChI=1S/C19H19NO/c1-2-14-6-5-8-16(12-14)20-13-18-17-9-4-3-7-15(17)10-11-19(18)21/h3-12,20-21H,2,13H2,1H3. The van der Waals surface area contributed by atoms with Gasteiger partial charge in [0.2, 0.25) is 0 Å². The van der Waals surface area contributed by atoms with E-state index in [1.165, 1.54) is 5.56 Å². The van der Waals surface area contributed by atoms with Crippen molar-refractivity contribution in [2.75, 3.05) is 5.32 Å². The van der Waals surface area contributed by atoms with Crippen LogP contribution in [0.1, 0.15) is 18.1 Å². The lowest BCUT2D eigenvalue weighted by Gasteiger charge is -2.12. The maximum absolute atomic E-state index is 10.1. The minimum Gasteiger partial charge on any atom is -0.508 e. The quantitative estimate of drug-likeness (QED) is 0.723. The Morgan fingerprint density at radius 3 is 2.67 bits per heavy atom. The molecular formula is C19H19NO. The molecule has 0 saturated carbocycles. The van der Waals surface area contributed by atoms with Crippen LogP contribution in [0.2, 0.25) is 0 Å². The normalized spacial score (nSPS) is 10.7. The maximum Gasteiger partial charge on any atom is 0.121 e. The van der Waals surface area contributed by atoms with E-state index in [1.807, 2.05) is 18.2 Å². The summed E-state index contributed by atoms with van der Waals surface area (Å²) in [6, 6.07) is 20.2. The average Bonchev–Trinajstić information content (AvgIpc) is 2.54. The maximum atomic E-state index is 10.1. The van der Waals surface area contributed by atoms with E-state index in [1.54, 1.807) is 6.07 Å². The number of aryl methyl sites for hydroxylation is 1. The van der Waals surface area contributed by atoms with Crippen molar-refractivity contribution in [2.45, 2.75) is 19.9 Å². The van der Waals surface area contributed by atoms with E-state index in [0.29, 0.717) is 12.3 Å². The number of benzene rings is 3. The van der Waals surface area contributed by atoms with Crippen LogP contribution in [0.4, 0.5) is 5.69 Å². The number of phenolic OH excluding ortho intramolecular Hbond substituents is 1. The van der Waals surface area contributed by atoms with Gasteiger partial charge in [0.15, 0.2) is 0 Å². The number of hydrogen-bond donors (Lipinski definition) is 2. The molecule has 0 radical (unpaired) electrons. The van der Waals surface area contributed by atoms with Gasteiger partial charge in [-0.15, -0.1) is 0 Å². The Morgan fingerprint density at radius 2 is 1.81 bits per heavy atom. The first-order chi connectivity index (χ1) is 10.3. The predicted octanol–water partition coefficient (Wildman–Crippen LogP) is 4.72. The molecule has 0 spiro atoms. The minimum atomic E-state index is 0.341. The highest BCUT2D eigenvalue weighted by Gasteiger charge is 2.06. The number of aromatic hydroxyl groups is 1. The molecule has 0 saturated heterocycles. The molecule has 0 aliphatic carbocycles. The zero-order valence-corrected chi connectivity index (χ0v) is 12.1. The molecule has 2 N–H and O–H groups in total. The fourth-order valence-corrected chi connectivity index (χ4v) is 2.60. The van der Waals surface area contributed by atoms with Crippen LogP contribution in [0.15, 0.2) is 60.7 Å². The van der Waals surface area contributed by atoms with Crippen molar-refractivity contribution in [3.63, 3.8) is 0 Å². The highest BCUT2D eigenvalue weighted by Crippen LogP contribution is 2.28. The Morgan fingerprint density at radius 1 is 0.952 bits per heavy atom. The first-order valence-electron chi connectivity index (χ1n) is 7.30. The number of anilines is 1. The summed E-state index contributed by atoms with van der Waals surface area (Å²) >= 11 is 0.